The van der Waals surface area contributed by atoms with Crippen LogP contribution in [0.25, 0.3) is 0 Å². The fourth-order valence-corrected chi connectivity index (χ4v) is 3.55. The average molecular weight is 535 g/mol. The maximum Gasteiger partial charge on any atom is 0.427 e. The van der Waals surface area contributed by atoms with Crippen molar-refractivity contribution >= 4 is 46.4 Å². The molecule has 0 aliphatic rings. The molecule has 2 N–H and O–H groups in total. The summed E-state index contributed by atoms with van der Waals surface area (Å²) in [7, 11) is 1.20. The molecule has 0 fully saturated rings. The quantitative estimate of drug-likeness (QED) is 0.396. The molecule has 0 radical (unpaired) electrons. The van der Waals surface area contributed by atoms with E-state index < -0.39 is 57.6 Å². The zero-order valence-electron chi connectivity index (χ0n) is 17.2. The van der Waals surface area contributed by atoms with E-state index in [1.54, 1.807) is 0 Å². The number of carbonyl (C=O) groups is 2. The van der Waals surface area contributed by atoms with E-state index in [9.17, 15) is 40.3 Å². The van der Waals surface area contributed by atoms with E-state index >= 15 is 0 Å². The number of anilines is 2. The van der Waals surface area contributed by atoms with Crippen LogP contribution in [0.3, 0.4) is 0 Å². The Morgan fingerprint density at radius 1 is 0.971 bits per heavy atom. The summed E-state index contributed by atoms with van der Waals surface area (Å²) >= 11 is 11.7. The number of para-hydroxylation sites is 1. The fourth-order valence-electron chi connectivity index (χ4n) is 2.97. The predicted molar refractivity (Wildman–Crippen MR) is 111 cm³/mol. The number of nitrogens with one attached hydrogen (secondary N) is 2. The van der Waals surface area contributed by atoms with Crippen molar-refractivity contribution in [1.82, 2.24) is 0 Å². The highest BCUT2D eigenvalue weighted by atomic mass is 35.5. The molecular formula is C20H15Cl2F7N2O3. The molecule has 0 heterocycles. The molecule has 0 aliphatic carbocycles. The molecule has 1 atom stereocenters. The Balaban J connectivity index is 2.49. The lowest BCUT2D eigenvalue weighted by Gasteiger charge is -2.30. The Morgan fingerprint density at radius 2 is 1.53 bits per heavy atom. The molecule has 1 unspecified atom stereocenters. The number of methoxy groups -OCH3 is 1. The first-order valence-electron chi connectivity index (χ1n) is 9.08. The molecule has 14 heteroatoms. The van der Waals surface area contributed by atoms with Gasteiger partial charge in [0.05, 0.1) is 40.5 Å². The first-order chi connectivity index (χ1) is 15.5. The van der Waals surface area contributed by atoms with Crippen molar-refractivity contribution in [1.29, 1.82) is 0 Å². The first-order valence-corrected chi connectivity index (χ1v) is 9.83. The van der Waals surface area contributed by atoms with Gasteiger partial charge in [-0.05, 0) is 24.3 Å². The van der Waals surface area contributed by atoms with Crippen molar-refractivity contribution in [2.75, 3.05) is 17.7 Å². The van der Waals surface area contributed by atoms with Gasteiger partial charge in [0.15, 0.2) is 5.75 Å². The van der Waals surface area contributed by atoms with Crippen molar-refractivity contribution in [2.24, 2.45) is 0 Å². The molecule has 0 spiro atoms. The maximum atomic E-state index is 14.7. The van der Waals surface area contributed by atoms with Gasteiger partial charge in [0.2, 0.25) is 11.6 Å². The highest BCUT2D eigenvalue weighted by molar-refractivity contribution is 6.40. The Labute approximate surface area is 198 Å². The van der Waals surface area contributed by atoms with Crippen LogP contribution in [0.5, 0.6) is 5.75 Å². The number of hydrogen-bond acceptors (Lipinski definition) is 3. The second kappa shape index (κ2) is 9.87. The van der Waals surface area contributed by atoms with Crippen LogP contribution in [0.1, 0.15) is 29.3 Å². The van der Waals surface area contributed by atoms with Crippen molar-refractivity contribution in [3.8, 4) is 5.75 Å². The number of rotatable bonds is 6. The van der Waals surface area contributed by atoms with Crippen LogP contribution < -0.4 is 15.4 Å². The zero-order valence-corrected chi connectivity index (χ0v) is 18.7. The van der Waals surface area contributed by atoms with Gasteiger partial charge < -0.3 is 15.4 Å². The summed E-state index contributed by atoms with van der Waals surface area (Å²) in [6, 6.07) is 4.67. The number of hydrogen-bond donors (Lipinski definition) is 2. The van der Waals surface area contributed by atoms with Crippen LogP contribution in [0.2, 0.25) is 10.0 Å². The number of benzene rings is 2. The minimum Gasteiger partial charge on any atom is -0.494 e. The number of halogens is 9. The molecule has 2 aromatic carbocycles. The second-order valence-electron chi connectivity index (χ2n) is 6.93. The third kappa shape index (κ3) is 6.03. The smallest absolute Gasteiger partial charge is 0.427 e. The molecule has 2 rings (SSSR count). The van der Waals surface area contributed by atoms with Crippen molar-refractivity contribution in [3.05, 3.63) is 51.5 Å². The van der Waals surface area contributed by atoms with E-state index in [2.05, 4.69) is 10.6 Å². The molecule has 34 heavy (non-hydrogen) atoms. The fraction of sp³-hybridized carbons (Fsp3) is 0.300. The minimum atomic E-state index is -5.95. The molecule has 186 valence electrons. The van der Waals surface area contributed by atoms with E-state index in [-0.39, 0.29) is 17.0 Å². The van der Waals surface area contributed by atoms with Crippen molar-refractivity contribution in [3.63, 3.8) is 0 Å². The van der Waals surface area contributed by atoms with Crippen LogP contribution in [-0.4, -0.2) is 31.3 Å². The second-order valence-corrected chi connectivity index (χ2v) is 7.74. The minimum absolute atomic E-state index is 0.0795. The lowest BCUT2D eigenvalue weighted by atomic mass is 9.91. The predicted octanol–water partition coefficient (Wildman–Crippen LogP) is 6.89. The highest BCUT2D eigenvalue weighted by Crippen LogP contribution is 2.51. The van der Waals surface area contributed by atoms with Crippen molar-refractivity contribution in [2.45, 2.75) is 31.4 Å². The van der Waals surface area contributed by atoms with Gasteiger partial charge in [-0.2, -0.15) is 26.3 Å². The molecule has 2 amide bonds. The van der Waals surface area contributed by atoms with Gasteiger partial charge >= 0.3 is 12.4 Å². The van der Waals surface area contributed by atoms with Crippen LogP contribution >= 0.6 is 23.2 Å². The van der Waals surface area contributed by atoms with Gasteiger partial charge in [-0.1, -0.05) is 29.3 Å². The highest BCUT2D eigenvalue weighted by Gasteiger charge is 2.62. The monoisotopic (exact) mass is 534 g/mol. The Morgan fingerprint density at radius 3 is 1.97 bits per heavy atom. The van der Waals surface area contributed by atoms with E-state index in [0.717, 1.165) is 0 Å². The van der Waals surface area contributed by atoms with Crippen LogP contribution in [0.4, 0.5) is 42.1 Å². The number of alkyl halides is 7. The Bertz CT molecular complexity index is 1080. The van der Waals surface area contributed by atoms with Gasteiger partial charge in [-0.3, -0.25) is 9.59 Å². The summed E-state index contributed by atoms with van der Waals surface area (Å²) in [4.78, 5) is 24.1. The first kappa shape index (κ1) is 27.5. The van der Waals surface area contributed by atoms with E-state index in [0.29, 0.717) is 12.1 Å². The SMILES string of the molecule is COc1c(NC(C)=O)cccc1C(=O)Nc1c(Cl)cc(C(F)(CC(F)(F)F)C(F)(F)F)cc1Cl. The van der Waals surface area contributed by atoms with Gasteiger partial charge in [0.25, 0.3) is 5.91 Å². The molecule has 0 saturated heterocycles. The Hall–Kier alpha value is -2.73. The summed E-state index contributed by atoms with van der Waals surface area (Å²) in [5.41, 5.74) is -6.85. The normalized spacial score (nSPS) is 13.7. The van der Waals surface area contributed by atoms with Crippen LogP contribution in [-0.2, 0) is 10.5 Å². The van der Waals surface area contributed by atoms with E-state index in [1.165, 1.54) is 32.2 Å². The molecular weight excluding hydrogens is 520 g/mol. The number of amides is 2. The Kier molecular flexibility index (Phi) is 7.98. The standard InChI is InChI=1S/C20H15Cl2F7N2O3/c1-9(32)30-14-5-3-4-11(16(14)34-2)17(33)31-15-12(21)6-10(7-13(15)22)18(23,20(27,28)29)8-19(24,25)26/h3-7H,8H2,1-2H3,(H,30,32)(H,31,33). The van der Waals surface area contributed by atoms with E-state index in [4.69, 9.17) is 27.9 Å². The van der Waals surface area contributed by atoms with Gasteiger partial charge in [0.1, 0.15) is 0 Å². The molecule has 5 nitrogen and oxygen atoms in total. The van der Waals surface area contributed by atoms with Gasteiger partial charge in [-0.25, -0.2) is 4.39 Å². The lowest BCUT2D eigenvalue weighted by Crippen LogP contribution is -2.42. The van der Waals surface area contributed by atoms with Crippen LogP contribution in [0.15, 0.2) is 30.3 Å². The number of ether oxygens (including phenoxy) is 1. The maximum absolute atomic E-state index is 14.7. The summed E-state index contributed by atoms with van der Waals surface area (Å²) in [6.45, 7) is 1.21. The summed E-state index contributed by atoms with van der Waals surface area (Å²) in [5.74, 6) is -1.50. The largest absolute Gasteiger partial charge is 0.494 e. The molecule has 0 saturated carbocycles. The third-order valence-electron chi connectivity index (χ3n) is 4.41. The third-order valence-corrected chi connectivity index (χ3v) is 5.00. The van der Waals surface area contributed by atoms with E-state index in [1.807, 2.05) is 0 Å². The number of carbonyl (C=O) groups excluding carboxylic acids is 2. The summed E-state index contributed by atoms with van der Waals surface area (Å²) < 4.78 is 97.6. The molecule has 0 aliphatic heterocycles. The molecule has 2 aromatic rings. The summed E-state index contributed by atoms with van der Waals surface area (Å²) in [5, 5.41) is 3.12. The van der Waals surface area contributed by atoms with Gasteiger partial charge in [-0.15, -0.1) is 0 Å². The van der Waals surface area contributed by atoms with Gasteiger partial charge in [0, 0.05) is 12.5 Å². The molecule has 0 bridgehead atoms. The molecule has 0 aromatic heterocycles. The lowest BCUT2D eigenvalue weighted by molar-refractivity contribution is -0.273. The van der Waals surface area contributed by atoms with Crippen LogP contribution in [0, 0.1) is 0 Å². The van der Waals surface area contributed by atoms with Crippen molar-refractivity contribution < 1.29 is 45.1 Å². The summed E-state index contributed by atoms with van der Waals surface area (Å²) in [6.07, 6.45) is -14.3. The topological polar surface area (TPSA) is 67.4 Å². The zero-order chi connectivity index (χ0) is 26.1. The average Bonchev–Trinajstić information content (AvgIpc) is 2.67.